The summed E-state index contributed by atoms with van der Waals surface area (Å²) >= 11 is 0. The zero-order valence-electron chi connectivity index (χ0n) is 27.2. The second-order valence-electron chi connectivity index (χ2n) is 11.4. The van der Waals surface area contributed by atoms with Crippen molar-refractivity contribution < 1.29 is 38.0 Å². The predicted octanol–water partition coefficient (Wildman–Crippen LogP) is 7.65. The molecule has 0 atom stereocenters. The van der Waals surface area contributed by atoms with Crippen molar-refractivity contribution in [3.63, 3.8) is 0 Å². The normalized spacial score (nSPS) is 11.5. The van der Waals surface area contributed by atoms with E-state index in [1.54, 1.807) is 21.5 Å². The Hall–Kier alpha value is -5.59. The zero-order chi connectivity index (χ0) is 34.1. The molecule has 0 bridgehead atoms. The quantitative estimate of drug-likeness (QED) is 0.0849. The molecule has 0 spiro atoms. The van der Waals surface area contributed by atoms with Crippen LogP contribution in [0.4, 0.5) is 9.59 Å². The summed E-state index contributed by atoms with van der Waals surface area (Å²) in [6.45, 7) is 1.39. The Kier molecular flexibility index (Phi) is 10.4. The average molecular weight is 674 g/mol. The second kappa shape index (κ2) is 15.7. The van der Waals surface area contributed by atoms with E-state index < -0.39 is 12.2 Å². The summed E-state index contributed by atoms with van der Waals surface area (Å²) in [5.41, 5.74) is 4.88. The largest absolute Gasteiger partial charge is 0.446 e. The number of aromatic nitrogens is 3. The Morgan fingerprint density at radius 1 is 0.480 bits per heavy atom. The lowest BCUT2D eigenvalue weighted by atomic mass is 10.2. The summed E-state index contributed by atoms with van der Waals surface area (Å²) in [6, 6.07) is 32.9. The van der Waals surface area contributed by atoms with Crippen LogP contribution in [-0.2, 0) is 41.6 Å². The number of benzene rings is 4. The maximum Gasteiger partial charge on any atom is 0.421 e. The van der Waals surface area contributed by atoms with Gasteiger partial charge in [0.25, 0.3) is 0 Å². The number of hydrogen-bond donors (Lipinski definition) is 0. The first-order chi connectivity index (χ1) is 24.7. The second-order valence-corrected chi connectivity index (χ2v) is 11.4. The minimum atomic E-state index is -0.524. The van der Waals surface area contributed by atoms with Gasteiger partial charge in [-0.3, -0.25) is 4.98 Å². The molecule has 0 N–H and O–H groups in total. The number of hydrogen-bond acceptors (Lipinski definition) is 9. The molecule has 0 saturated carbocycles. The fraction of sp³-hybridized carbons (Fsp3) is 0.205. The van der Waals surface area contributed by atoms with Crippen LogP contribution in [0.5, 0.6) is 0 Å². The van der Waals surface area contributed by atoms with Crippen LogP contribution in [-0.4, -0.2) is 66.3 Å². The number of rotatable bonds is 14. The van der Waals surface area contributed by atoms with Gasteiger partial charge in [0.05, 0.1) is 55.1 Å². The predicted molar refractivity (Wildman–Crippen MR) is 188 cm³/mol. The summed E-state index contributed by atoms with van der Waals surface area (Å²) in [6.07, 6.45) is 2.46. The molecule has 0 aliphatic rings. The van der Waals surface area contributed by atoms with Gasteiger partial charge in [-0.2, -0.15) is 0 Å². The van der Waals surface area contributed by atoms with Crippen molar-refractivity contribution >= 4 is 55.8 Å². The SMILES string of the molecule is O=C(OCCOCCOCc1cncc(COCOCOC(=O)n2c3ccccc3c3ccccc32)c1)n1c2ccccc2c2ccccc21. The van der Waals surface area contributed by atoms with E-state index in [4.69, 9.17) is 28.4 Å². The van der Waals surface area contributed by atoms with Gasteiger partial charge in [0.15, 0.2) is 13.6 Å². The van der Waals surface area contributed by atoms with Gasteiger partial charge in [-0.05, 0) is 41.5 Å². The molecule has 0 saturated heterocycles. The van der Waals surface area contributed by atoms with Crippen LogP contribution < -0.4 is 0 Å². The van der Waals surface area contributed by atoms with Gasteiger partial charge in [0.2, 0.25) is 0 Å². The van der Waals surface area contributed by atoms with Gasteiger partial charge in [-0.1, -0.05) is 72.8 Å². The molecular weight excluding hydrogens is 638 g/mol. The first-order valence-corrected chi connectivity index (χ1v) is 16.2. The van der Waals surface area contributed by atoms with Crippen LogP contribution in [0.1, 0.15) is 11.1 Å². The number of nitrogens with zero attached hydrogens (tertiary/aromatic N) is 3. The number of para-hydroxylation sites is 4. The lowest BCUT2D eigenvalue weighted by molar-refractivity contribution is -0.114. The van der Waals surface area contributed by atoms with Crippen molar-refractivity contribution in [3.8, 4) is 0 Å². The highest BCUT2D eigenvalue weighted by molar-refractivity contribution is 6.13. The molecule has 0 radical (unpaired) electrons. The smallest absolute Gasteiger partial charge is 0.421 e. The fourth-order valence-corrected chi connectivity index (χ4v) is 6.01. The van der Waals surface area contributed by atoms with Gasteiger partial charge < -0.3 is 28.4 Å². The molecule has 0 aliphatic carbocycles. The van der Waals surface area contributed by atoms with E-state index in [9.17, 15) is 9.59 Å². The number of carbonyl (C=O) groups is 2. The van der Waals surface area contributed by atoms with Crippen molar-refractivity contribution in [2.75, 3.05) is 40.0 Å². The highest BCUT2D eigenvalue weighted by Gasteiger charge is 2.17. The lowest BCUT2D eigenvalue weighted by Gasteiger charge is -2.10. The fourth-order valence-electron chi connectivity index (χ4n) is 6.01. The van der Waals surface area contributed by atoms with E-state index in [1.165, 1.54) is 0 Å². The average Bonchev–Trinajstić information content (AvgIpc) is 3.67. The van der Waals surface area contributed by atoms with E-state index >= 15 is 0 Å². The first-order valence-electron chi connectivity index (χ1n) is 16.2. The van der Waals surface area contributed by atoms with Crippen molar-refractivity contribution in [2.45, 2.75) is 13.2 Å². The monoisotopic (exact) mass is 673 g/mol. The van der Waals surface area contributed by atoms with Crippen LogP contribution in [0.25, 0.3) is 43.6 Å². The molecular formula is C39H35N3O8. The molecule has 11 nitrogen and oxygen atoms in total. The maximum absolute atomic E-state index is 12.9. The summed E-state index contributed by atoms with van der Waals surface area (Å²) in [7, 11) is 0. The molecule has 50 heavy (non-hydrogen) atoms. The Bertz CT molecular complexity index is 2150. The van der Waals surface area contributed by atoms with Gasteiger partial charge in [-0.25, -0.2) is 18.7 Å². The molecule has 11 heteroatoms. The molecule has 3 heterocycles. The van der Waals surface area contributed by atoms with Crippen molar-refractivity contribution in [1.29, 1.82) is 0 Å². The third-order valence-corrected chi connectivity index (χ3v) is 8.17. The zero-order valence-corrected chi connectivity index (χ0v) is 27.2. The van der Waals surface area contributed by atoms with Crippen LogP contribution in [0.3, 0.4) is 0 Å². The van der Waals surface area contributed by atoms with Gasteiger partial charge >= 0.3 is 12.2 Å². The van der Waals surface area contributed by atoms with Crippen LogP contribution in [0, 0.1) is 0 Å². The third-order valence-electron chi connectivity index (χ3n) is 8.17. The van der Waals surface area contributed by atoms with E-state index in [2.05, 4.69) is 4.98 Å². The minimum absolute atomic E-state index is 0.0630. The maximum atomic E-state index is 12.9. The summed E-state index contributed by atoms with van der Waals surface area (Å²) < 4.78 is 36.3. The molecule has 0 aliphatic heterocycles. The molecule has 7 rings (SSSR count). The van der Waals surface area contributed by atoms with Crippen LogP contribution in [0.15, 0.2) is 116 Å². The van der Waals surface area contributed by atoms with E-state index in [0.717, 1.165) is 54.7 Å². The number of pyridine rings is 1. The highest BCUT2D eigenvalue weighted by atomic mass is 16.7. The Morgan fingerprint density at radius 2 is 0.920 bits per heavy atom. The number of fused-ring (bicyclic) bond motifs is 6. The minimum Gasteiger partial charge on any atom is -0.446 e. The molecule has 3 aromatic heterocycles. The summed E-state index contributed by atoms with van der Waals surface area (Å²) in [4.78, 5) is 30.1. The van der Waals surface area contributed by atoms with E-state index in [0.29, 0.717) is 19.8 Å². The van der Waals surface area contributed by atoms with Crippen LogP contribution in [0.2, 0.25) is 0 Å². The Labute approximate surface area is 287 Å². The topological polar surface area (TPSA) is 112 Å². The molecule has 4 aromatic carbocycles. The van der Waals surface area contributed by atoms with E-state index in [-0.39, 0.29) is 33.4 Å². The molecule has 254 valence electrons. The number of carbonyl (C=O) groups excluding carboxylic acids is 2. The lowest BCUT2D eigenvalue weighted by Crippen LogP contribution is -2.17. The summed E-state index contributed by atoms with van der Waals surface area (Å²) in [5, 5.41) is 3.96. The molecule has 7 aromatic rings. The van der Waals surface area contributed by atoms with Crippen molar-refractivity contribution in [1.82, 2.24) is 14.1 Å². The first kappa shape index (κ1) is 32.9. The molecule has 0 amide bonds. The van der Waals surface area contributed by atoms with Gasteiger partial charge in [-0.15, -0.1) is 0 Å². The summed E-state index contributed by atoms with van der Waals surface area (Å²) in [5.74, 6) is 0. The van der Waals surface area contributed by atoms with Crippen LogP contribution >= 0.6 is 0 Å². The standard InChI is InChI=1S/C39H35N3O8/c43-38(41-34-13-5-1-9-30(34)31-10-2-6-14-35(31)41)49-20-19-45-17-18-46-24-28-21-29(23-40-22-28)25-47-26-48-27-50-39(44)42-36-15-7-3-11-32(36)33-12-4-8-16-37(33)42/h1-16,21-23H,17-20,24-27H2. The van der Waals surface area contributed by atoms with Crippen molar-refractivity contribution in [3.05, 3.63) is 127 Å². The number of ether oxygens (including phenoxy) is 6. The van der Waals surface area contributed by atoms with Gasteiger partial charge in [0, 0.05) is 33.9 Å². The Balaban J connectivity index is 0.773. The van der Waals surface area contributed by atoms with Gasteiger partial charge in [0.1, 0.15) is 6.61 Å². The Morgan fingerprint density at radius 3 is 1.46 bits per heavy atom. The third kappa shape index (κ3) is 7.21. The van der Waals surface area contributed by atoms with E-state index in [1.807, 2.05) is 103 Å². The molecule has 0 unspecified atom stereocenters. The van der Waals surface area contributed by atoms with Crippen molar-refractivity contribution in [2.24, 2.45) is 0 Å². The molecule has 0 fully saturated rings. The highest BCUT2D eigenvalue weighted by Crippen LogP contribution is 2.30.